The molecule has 2 fully saturated rings. The first-order valence-electron chi connectivity index (χ1n) is 6.89. The van der Waals surface area contributed by atoms with Crippen LogP contribution in [0.1, 0.15) is 16.8 Å². The van der Waals surface area contributed by atoms with Gasteiger partial charge in [0.2, 0.25) is 0 Å². The van der Waals surface area contributed by atoms with Gasteiger partial charge in [-0.25, -0.2) is 0 Å². The third-order valence-corrected chi connectivity index (χ3v) is 4.30. The molecule has 2 atom stereocenters. The van der Waals surface area contributed by atoms with E-state index in [0.717, 1.165) is 32.6 Å². The maximum absolute atomic E-state index is 12.4. The normalized spacial score (nSPS) is 24.1. The summed E-state index contributed by atoms with van der Waals surface area (Å²) >= 11 is 0. The molecular formula is C14H18ClN3O3. The Kier molecular flexibility index (Phi) is 4.80. The lowest BCUT2D eigenvalue weighted by atomic mass is 9.88. The predicted molar refractivity (Wildman–Crippen MR) is 80.7 cm³/mol. The Bertz CT molecular complexity index is 552. The van der Waals surface area contributed by atoms with Gasteiger partial charge in [-0.3, -0.25) is 14.9 Å². The second kappa shape index (κ2) is 6.41. The first-order valence-corrected chi connectivity index (χ1v) is 6.89. The molecule has 114 valence electrons. The number of likely N-dealkylation sites (tertiary alicyclic amines) is 1. The van der Waals surface area contributed by atoms with Crippen molar-refractivity contribution in [3.8, 4) is 0 Å². The molecule has 1 N–H and O–H groups in total. The number of nitrogens with one attached hydrogen (secondary N) is 1. The van der Waals surface area contributed by atoms with Crippen molar-refractivity contribution in [2.24, 2.45) is 11.8 Å². The summed E-state index contributed by atoms with van der Waals surface area (Å²) in [7, 11) is 0. The molecule has 0 saturated carbocycles. The molecule has 0 radical (unpaired) electrons. The highest BCUT2D eigenvalue weighted by Crippen LogP contribution is 2.27. The summed E-state index contributed by atoms with van der Waals surface area (Å²) in [6.07, 6.45) is 1.01. The van der Waals surface area contributed by atoms with Gasteiger partial charge >= 0.3 is 0 Å². The fraction of sp³-hybridized carbons (Fsp3) is 0.500. The van der Waals surface area contributed by atoms with Crippen LogP contribution in [0, 0.1) is 22.0 Å². The summed E-state index contributed by atoms with van der Waals surface area (Å²) in [5.41, 5.74) is 0.372. The third kappa shape index (κ3) is 3.16. The van der Waals surface area contributed by atoms with Crippen LogP contribution in [0.3, 0.4) is 0 Å². The topological polar surface area (TPSA) is 75.5 Å². The van der Waals surface area contributed by atoms with Crippen molar-refractivity contribution >= 4 is 24.0 Å². The number of benzene rings is 1. The Hall–Kier alpha value is -1.66. The van der Waals surface area contributed by atoms with Gasteiger partial charge in [-0.05, 0) is 37.4 Å². The van der Waals surface area contributed by atoms with Gasteiger partial charge in [-0.2, -0.15) is 0 Å². The van der Waals surface area contributed by atoms with Crippen molar-refractivity contribution in [1.29, 1.82) is 0 Å². The van der Waals surface area contributed by atoms with Gasteiger partial charge in [-0.1, -0.05) is 6.07 Å². The fourth-order valence-corrected chi connectivity index (χ4v) is 3.15. The zero-order valence-corrected chi connectivity index (χ0v) is 12.3. The minimum atomic E-state index is -0.468. The van der Waals surface area contributed by atoms with Crippen LogP contribution in [0.15, 0.2) is 24.3 Å². The average Bonchev–Trinajstić information content (AvgIpc) is 2.94. The molecule has 1 aromatic rings. The Morgan fingerprint density at radius 2 is 2.10 bits per heavy atom. The van der Waals surface area contributed by atoms with E-state index in [-0.39, 0.29) is 24.0 Å². The molecule has 1 amide bonds. The predicted octanol–water partition coefficient (Wildman–Crippen LogP) is 1.70. The number of hydrogen-bond donors (Lipinski definition) is 1. The lowest BCUT2D eigenvalue weighted by Crippen LogP contribution is -2.43. The first-order chi connectivity index (χ1) is 9.65. The van der Waals surface area contributed by atoms with Crippen molar-refractivity contribution in [3.63, 3.8) is 0 Å². The van der Waals surface area contributed by atoms with E-state index in [2.05, 4.69) is 5.32 Å². The maximum Gasteiger partial charge on any atom is 0.270 e. The SMILES string of the molecule is Cl.O=C(c1cccc([N+](=O)[O-])c1)N1CCC2CNCC2C1. The molecule has 2 unspecified atom stereocenters. The van der Waals surface area contributed by atoms with Gasteiger partial charge in [0.25, 0.3) is 11.6 Å². The molecule has 0 aromatic heterocycles. The zero-order valence-electron chi connectivity index (χ0n) is 11.5. The van der Waals surface area contributed by atoms with Crippen LogP contribution in [0.25, 0.3) is 0 Å². The third-order valence-electron chi connectivity index (χ3n) is 4.30. The number of halogens is 1. The number of rotatable bonds is 2. The Morgan fingerprint density at radius 3 is 2.86 bits per heavy atom. The molecule has 0 aliphatic carbocycles. The van der Waals surface area contributed by atoms with Gasteiger partial charge in [0.15, 0.2) is 0 Å². The Morgan fingerprint density at radius 1 is 1.33 bits per heavy atom. The number of piperidine rings is 1. The van der Waals surface area contributed by atoms with Crippen molar-refractivity contribution in [2.45, 2.75) is 6.42 Å². The highest BCUT2D eigenvalue weighted by Gasteiger charge is 2.34. The lowest BCUT2D eigenvalue weighted by Gasteiger charge is -2.34. The summed E-state index contributed by atoms with van der Waals surface area (Å²) in [5, 5.41) is 14.1. The number of nitro groups is 1. The molecule has 1 aromatic carbocycles. The number of nitro benzene ring substituents is 1. The molecule has 0 spiro atoms. The fourth-order valence-electron chi connectivity index (χ4n) is 3.15. The molecule has 2 saturated heterocycles. The van der Waals surface area contributed by atoms with Crippen molar-refractivity contribution in [3.05, 3.63) is 39.9 Å². The van der Waals surface area contributed by atoms with Crippen LogP contribution in [0.2, 0.25) is 0 Å². The average molecular weight is 312 g/mol. The number of hydrogen-bond acceptors (Lipinski definition) is 4. The Balaban J connectivity index is 0.00000161. The molecule has 2 heterocycles. The number of carbonyl (C=O) groups excluding carboxylic acids is 1. The quantitative estimate of drug-likeness (QED) is 0.666. The standard InChI is InChI=1S/C14H17N3O3.ClH/c18-14(10-2-1-3-13(6-10)17(19)20)16-5-4-11-7-15-8-12(11)9-16;/h1-3,6,11-12,15H,4-5,7-9H2;1H. The molecule has 7 heteroatoms. The van der Waals surface area contributed by atoms with Crippen LogP contribution >= 0.6 is 12.4 Å². The molecule has 6 nitrogen and oxygen atoms in total. The van der Waals surface area contributed by atoms with Crippen LogP contribution in [0.4, 0.5) is 5.69 Å². The van der Waals surface area contributed by atoms with Crippen LogP contribution in [0.5, 0.6) is 0 Å². The molecule has 2 aliphatic heterocycles. The summed E-state index contributed by atoms with van der Waals surface area (Å²) in [4.78, 5) is 24.6. The summed E-state index contributed by atoms with van der Waals surface area (Å²) in [6.45, 7) is 3.50. The van der Waals surface area contributed by atoms with E-state index in [4.69, 9.17) is 0 Å². The molecule has 0 bridgehead atoms. The Labute approximate surface area is 129 Å². The highest BCUT2D eigenvalue weighted by molar-refractivity contribution is 5.94. The van der Waals surface area contributed by atoms with E-state index in [1.165, 1.54) is 12.1 Å². The van der Waals surface area contributed by atoms with E-state index in [1.54, 1.807) is 12.1 Å². The van der Waals surface area contributed by atoms with Crippen molar-refractivity contribution in [2.75, 3.05) is 26.2 Å². The minimum Gasteiger partial charge on any atom is -0.338 e. The van der Waals surface area contributed by atoms with Crippen molar-refractivity contribution in [1.82, 2.24) is 10.2 Å². The van der Waals surface area contributed by atoms with Crippen molar-refractivity contribution < 1.29 is 9.72 Å². The monoisotopic (exact) mass is 311 g/mol. The van der Waals surface area contributed by atoms with E-state index in [9.17, 15) is 14.9 Å². The van der Waals surface area contributed by atoms with Gasteiger partial charge in [0.1, 0.15) is 0 Å². The van der Waals surface area contributed by atoms with Gasteiger partial charge in [0.05, 0.1) is 4.92 Å². The second-order valence-corrected chi connectivity index (χ2v) is 5.53. The minimum absolute atomic E-state index is 0. The number of fused-ring (bicyclic) bond motifs is 1. The van der Waals surface area contributed by atoms with Crippen LogP contribution in [-0.4, -0.2) is 41.9 Å². The van der Waals surface area contributed by atoms with Gasteiger partial charge in [-0.15, -0.1) is 12.4 Å². The van der Waals surface area contributed by atoms with Gasteiger partial charge in [0, 0.05) is 30.8 Å². The number of carbonyl (C=O) groups is 1. The molecule has 2 aliphatic rings. The second-order valence-electron chi connectivity index (χ2n) is 5.53. The largest absolute Gasteiger partial charge is 0.338 e. The molecule has 3 rings (SSSR count). The number of amides is 1. The smallest absolute Gasteiger partial charge is 0.270 e. The first kappa shape index (κ1) is 15.7. The van der Waals surface area contributed by atoms with Crippen LogP contribution < -0.4 is 5.32 Å². The zero-order chi connectivity index (χ0) is 14.1. The molecular weight excluding hydrogens is 294 g/mol. The summed E-state index contributed by atoms with van der Waals surface area (Å²) in [6, 6.07) is 5.98. The van der Waals surface area contributed by atoms with Crippen LogP contribution in [-0.2, 0) is 0 Å². The molecule has 21 heavy (non-hydrogen) atoms. The number of non-ortho nitro benzene ring substituents is 1. The summed E-state index contributed by atoms with van der Waals surface area (Å²) < 4.78 is 0. The van der Waals surface area contributed by atoms with E-state index >= 15 is 0 Å². The van der Waals surface area contributed by atoms with Gasteiger partial charge < -0.3 is 10.2 Å². The summed E-state index contributed by atoms with van der Waals surface area (Å²) in [5.74, 6) is 1.09. The number of nitrogens with zero attached hydrogens (tertiary/aromatic N) is 2. The van der Waals surface area contributed by atoms with E-state index in [0.29, 0.717) is 17.4 Å². The van der Waals surface area contributed by atoms with E-state index in [1.807, 2.05) is 4.90 Å². The highest BCUT2D eigenvalue weighted by atomic mass is 35.5. The maximum atomic E-state index is 12.4. The van der Waals surface area contributed by atoms with E-state index < -0.39 is 4.92 Å². The lowest BCUT2D eigenvalue weighted by molar-refractivity contribution is -0.384.